The van der Waals surface area contributed by atoms with Crippen molar-refractivity contribution in [1.82, 2.24) is 0 Å². The molecule has 1 unspecified atom stereocenters. The molecule has 92 valence electrons. The Balaban J connectivity index is 1.59. The molecule has 0 aromatic heterocycles. The van der Waals surface area contributed by atoms with Crippen LogP contribution < -0.4 is 4.74 Å². The maximum Gasteiger partial charge on any atom is 0.124 e. The average Bonchev–Trinajstić information content (AvgIpc) is 2.84. The van der Waals surface area contributed by atoms with E-state index in [2.05, 4.69) is 0 Å². The summed E-state index contributed by atoms with van der Waals surface area (Å²) in [6, 6.07) is 8.06. The van der Waals surface area contributed by atoms with Gasteiger partial charge in [-0.15, -0.1) is 0 Å². The standard InChI is InChI=1S/C14H18O3/c15-14(6-7-14)9-11-1-3-12(4-2-11)17-13-5-8-16-10-13/h1-4,13,15H,5-10H2. The zero-order valence-electron chi connectivity index (χ0n) is 9.89. The van der Waals surface area contributed by atoms with E-state index in [1.54, 1.807) is 0 Å². The van der Waals surface area contributed by atoms with E-state index < -0.39 is 5.60 Å². The lowest BCUT2D eigenvalue weighted by Crippen LogP contribution is -2.15. The van der Waals surface area contributed by atoms with Crippen LogP contribution in [0.3, 0.4) is 0 Å². The van der Waals surface area contributed by atoms with E-state index in [0.717, 1.165) is 38.0 Å². The van der Waals surface area contributed by atoms with E-state index >= 15 is 0 Å². The minimum Gasteiger partial charge on any atom is -0.488 e. The van der Waals surface area contributed by atoms with Gasteiger partial charge in [-0.3, -0.25) is 0 Å². The first-order valence-corrected chi connectivity index (χ1v) is 6.29. The minimum absolute atomic E-state index is 0.202. The van der Waals surface area contributed by atoms with Gasteiger partial charge in [0.2, 0.25) is 0 Å². The number of rotatable bonds is 4. The van der Waals surface area contributed by atoms with Crippen molar-refractivity contribution in [3.8, 4) is 5.75 Å². The third-order valence-electron chi connectivity index (χ3n) is 3.47. The Morgan fingerprint density at radius 1 is 1.29 bits per heavy atom. The second-order valence-corrected chi connectivity index (χ2v) is 5.15. The number of ether oxygens (including phenoxy) is 2. The van der Waals surface area contributed by atoms with Gasteiger partial charge in [-0.25, -0.2) is 0 Å². The van der Waals surface area contributed by atoms with Crippen molar-refractivity contribution in [2.45, 2.75) is 37.4 Å². The summed E-state index contributed by atoms with van der Waals surface area (Å²) < 4.78 is 11.1. The highest BCUT2D eigenvalue weighted by molar-refractivity contribution is 5.29. The highest BCUT2D eigenvalue weighted by atomic mass is 16.5. The molecule has 1 aromatic rings. The zero-order chi connectivity index (χ0) is 11.7. The van der Waals surface area contributed by atoms with Crippen LogP contribution in [-0.4, -0.2) is 30.0 Å². The van der Waals surface area contributed by atoms with Crippen LogP contribution in [0.2, 0.25) is 0 Å². The number of aliphatic hydroxyl groups is 1. The maximum absolute atomic E-state index is 9.83. The summed E-state index contributed by atoms with van der Waals surface area (Å²) in [5.74, 6) is 0.895. The molecule has 3 heteroatoms. The van der Waals surface area contributed by atoms with Crippen LogP contribution >= 0.6 is 0 Å². The topological polar surface area (TPSA) is 38.7 Å². The first-order valence-electron chi connectivity index (χ1n) is 6.29. The van der Waals surface area contributed by atoms with Crippen molar-refractivity contribution in [3.05, 3.63) is 29.8 Å². The molecule has 2 aliphatic rings. The summed E-state index contributed by atoms with van der Waals surface area (Å²) in [6.45, 7) is 1.50. The molecule has 2 fully saturated rings. The Bertz CT molecular complexity index is 375. The van der Waals surface area contributed by atoms with E-state index in [9.17, 15) is 5.11 Å². The van der Waals surface area contributed by atoms with Gasteiger partial charge in [-0.2, -0.15) is 0 Å². The lowest BCUT2D eigenvalue weighted by Gasteiger charge is -2.13. The van der Waals surface area contributed by atoms with Crippen molar-refractivity contribution in [2.75, 3.05) is 13.2 Å². The summed E-state index contributed by atoms with van der Waals surface area (Å²) in [4.78, 5) is 0. The Morgan fingerprint density at radius 3 is 2.65 bits per heavy atom. The maximum atomic E-state index is 9.83. The Morgan fingerprint density at radius 2 is 2.06 bits per heavy atom. The summed E-state index contributed by atoms with van der Waals surface area (Å²) in [7, 11) is 0. The van der Waals surface area contributed by atoms with Crippen LogP contribution in [0.4, 0.5) is 0 Å². The van der Waals surface area contributed by atoms with Gasteiger partial charge in [0.15, 0.2) is 0 Å². The van der Waals surface area contributed by atoms with E-state index in [1.807, 2.05) is 24.3 Å². The first kappa shape index (κ1) is 11.1. The molecule has 1 aromatic carbocycles. The van der Waals surface area contributed by atoms with Gasteiger partial charge < -0.3 is 14.6 Å². The zero-order valence-corrected chi connectivity index (χ0v) is 9.89. The summed E-state index contributed by atoms with van der Waals surface area (Å²) in [5, 5.41) is 9.83. The molecule has 1 aliphatic carbocycles. The Hall–Kier alpha value is -1.06. The Kier molecular flexibility index (Phi) is 2.81. The van der Waals surface area contributed by atoms with Crippen LogP contribution in [0.25, 0.3) is 0 Å². The predicted molar refractivity (Wildman–Crippen MR) is 64.2 cm³/mol. The number of hydrogen-bond acceptors (Lipinski definition) is 3. The molecule has 0 radical (unpaired) electrons. The van der Waals surface area contributed by atoms with Gasteiger partial charge in [0.05, 0.1) is 18.8 Å². The molecule has 1 aliphatic heterocycles. The van der Waals surface area contributed by atoms with Crippen LogP contribution in [0, 0.1) is 0 Å². The SMILES string of the molecule is OC1(Cc2ccc(OC3CCOC3)cc2)CC1. The van der Waals surface area contributed by atoms with Gasteiger partial charge in [0.25, 0.3) is 0 Å². The lowest BCUT2D eigenvalue weighted by atomic mass is 10.1. The highest BCUT2D eigenvalue weighted by Crippen LogP contribution is 2.38. The molecular formula is C14H18O3. The third kappa shape index (κ3) is 2.79. The first-order chi connectivity index (χ1) is 8.23. The smallest absolute Gasteiger partial charge is 0.124 e. The van der Waals surface area contributed by atoms with Gasteiger partial charge in [0.1, 0.15) is 11.9 Å². The van der Waals surface area contributed by atoms with Crippen molar-refractivity contribution in [1.29, 1.82) is 0 Å². The molecule has 1 atom stereocenters. The normalized spacial score (nSPS) is 25.8. The fraction of sp³-hybridized carbons (Fsp3) is 0.571. The van der Waals surface area contributed by atoms with Crippen molar-refractivity contribution < 1.29 is 14.6 Å². The van der Waals surface area contributed by atoms with Crippen LogP contribution in [-0.2, 0) is 11.2 Å². The molecule has 3 nitrogen and oxygen atoms in total. The molecule has 1 heterocycles. The van der Waals surface area contributed by atoms with Crippen molar-refractivity contribution in [2.24, 2.45) is 0 Å². The number of hydrogen-bond donors (Lipinski definition) is 1. The van der Waals surface area contributed by atoms with Gasteiger partial charge in [-0.1, -0.05) is 12.1 Å². The molecular weight excluding hydrogens is 216 g/mol. The van der Waals surface area contributed by atoms with Crippen molar-refractivity contribution in [3.63, 3.8) is 0 Å². The van der Waals surface area contributed by atoms with E-state index in [4.69, 9.17) is 9.47 Å². The molecule has 0 spiro atoms. The second kappa shape index (κ2) is 4.31. The molecule has 1 N–H and O–H groups in total. The summed E-state index contributed by atoms with van der Waals surface area (Å²) in [5.41, 5.74) is 0.766. The predicted octanol–water partition coefficient (Wildman–Crippen LogP) is 1.92. The van der Waals surface area contributed by atoms with E-state index in [0.29, 0.717) is 6.61 Å². The summed E-state index contributed by atoms with van der Waals surface area (Å²) >= 11 is 0. The molecule has 0 amide bonds. The van der Waals surface area contributed by atoms with Gasteiger partial charge >= 0.3 is 0 Å². The fourth-order valence-electron chi connectivity index (χ4n) is 2.19. The molecule has 1 saturated carbocycles. The highest BCUT2D eigenvalue weighted by Gasteiger charge is 2.39. The largest absolute Gasteiger partial charge is 0.488 e. The van der Waals surface area contributed by atoms with Gasteiger partial charge in [0, 0.05) is 12.8 Å². The summed E-state index contributed by atoms with van der Waals surface area (Å²) in [6.07, 6.45) is 3.81. The van der Waals surface area contributed by atoms with Crippen LogP contribution in [0.1, 0.15) is 24.8 Å². The monoisotopic (exact) mass is 234 g/mol. The van der Waals surface area contributed by atoms with Gasteiger partial charge in [-0.05, 0) is 30.5 Å². The Labute approximate surface area is 101 Å². The van der Waals surface area contributed by atoms with Crippen LogP contribution in [0.5, 0.6) is 5.75 Å². The van der Waals surface area contributed by atoms with Crippen LogP contribution in [0.15, 0.2) is 24.3 Å². The average molecular weight is 234 g/mol. The minimum atomic E-state index is -0.415. The molecule has 0 bridgehead atoms. The van der Waals surface area contributed by atoms with E-state index in [1.165, 1.54) is 5.56 Å². The second-order valence-electron chi connectivity index (χ2n) is 5.15. The quantitative estimate of drug-likeness (QED) is 0.865. The molecule has 17 heavy (non-hydrogen) atoms. The fourth-order valence-corrected chi connectivity index (χ4v) is 2.19. The van der Waals surface area contributed by atoms with E-state index in [-0.39, 0.29) is 6.10 Å². The molecule has 1 saturated heterocycles. The molecule has 3 rings (SSSR count). The third-order valence-corrected chi connectivity index (χ3v) is 3.47. The lowest BCUT2D eigenvalue weighted by molar-refractivity contribution is 0.141. The van der Waals surface area contributed by atoms with Crippen molar-refractivity contribution >= 4 is 0 Å². The number of benzene rings is 1.